The van der Waals surface area contributed by atoms with Crippen molar-refractivity contribution in [2.24, 2.45) is 5.92 Å². The molecule has 2 aromatic heterocycles. The standard InChI is InChI=1S/C29H31NO3S/c1-5-29(4,27-11-6-19(3)34-27)23-9-8-21-13-26(33-25(21)14-23)24-10-7-20(12-18(24)2)15-30-16-22(17-30)28(31)32/h6-14,22H,5,15-17H2,1-4H3,(H,31,32). The second-order valence-corrected chi connectivity index (χ2v) is 11.1. The lowest BCUT2D eigenvalue weighted by Gasteiger charge is -2.36. The fraction of sp³-hybridized carbons (Fsp3) is 0.345. The van der Waals surface area contributed by atoms with Crippen LogP contribution in [0.3, 0.4) is 0 Å². The van der Waals surface area contributed by atoms with E-state index in [0.29, 0.717) is 13.1 Å². The van der Waals surface area contributed by atoms with Gasteiger partial charge in [-0.05, 0) is 61.2 Å². The van der Waals surface area contributed by atoms with Crippen LogP contribution in [0.2, 0.25) is 0 Å². The van der Waals surface area contributed by atoms with Gasteiger partial charge in [-0.15, -0.1) is 11.3 Å². The van der Waals surface area contributed by atoms with E-state index in [2.05, 4.69) is 87.2 Å². The molecule has 0 radical (unpaired) electrons. The number of hydrogen-bond donors (Lipinski definition) is 1. The Hall–Kier alpha value is -2.89. The van der Waals surface area contributed by atoms with Crippen molar-refractivity contribution in [3.8, 4) is 11.3 Å². The monoisotopic (exact) mass is 473 g/mol. The fourth-order valence-electron chi connectivity index (χ4n) is 4.97. The molecule has 4 nitrogen and oxygen atoms in total. The van der Waals surface area contributed by atoms with Crippen molar-refractivity contribution in [3.05, 3.63) is 81.0 Å². The molecular formula is C29H31NO3S. The Kier molecular flexibility index (Phi) is 5.86. The molecule has 1 atom stereocenters. The Morgan fingerprint density at radius 1 is 1.12 bits per heavy atom. The van der Waals surface area contributed by atoms with Gasteiger partial charge in [-0.3, -0.25) is 9.69 Å². The highest BCUT2D eigenvalue weighted by atomic mass is 32.1. The van der Waals surface area contributed by atoms with E-state index in [9.17, 15) is 4.79 Å². The Balaban J connectivity index is 1.40. The number of likely N-dealkylation sites (tertiary alicyclic amines) is 1. The molecule has 1 N–H and O–H groups in total. The van der Waals surface area contributed by atoms with Crippen molar-refractivity contribution in [1.82, 2.24) is 4.90 Å². The van der Waals surface area contributed by atoms with E-state index < -0.39 is 5.97 Å². The molecule has 0 spiro atoms. The highest BCUT2D eigenvalue weighted by Gasteiger charge is 2.32. The maximum absolute atomic E-state index is 11.0. The number of nitrogens with zero attached hydrogens (tertiary/aromatic N) is 1. The van der Waals surface area contributed by atoms with Gasteiger partial charge in [0.25, 0.3) is 0 Å². The molecule has 1 unspecified atom stereocenters. The molecule has 1 fully saturated rings. The van der Waals surface area contributed by atoms with Gasteiger partial charge >= 0.3 is 5.97 Å². The van der Waals surface area contributed by atoms with E-state index in [-0.39, 0.29) is 11.3 Å². The number of carboxylic acid groups (broad SMARTS) is 1. The summed E-state index contributed by atoms with van der Waals surface area (Å²) in [7, 11) is 0. The summed E-state index contributed by atoms with van der Waals surface area (Å²) < 4.78 is 6.38. The molecule has 2 aromatic carbocycles. The van der Waals surface area contributed by atoms with Crippen LogP contribution in [0, 0.1) is 19.8 Å². The summed E-state index contributed by atoms with van der Waals surface area (Å²) in [4.78, 5) is 15.9. The zero-order valence-electron chi connectivity index (χ0n) is 20.2. The number of benzene rings is 2. The Morgan fingerprint density at radius 3 is 2.56 bits per heavy atom. The first-order valence-electron chi connectivity index (χ1n) is 11.9. The third kappa shape index (κ3) is 4.08. The molecule has 4 aromatic rings. The van der Waals surface area contributed by atoms with E-state index in [4.69, 9.17) is 9.52 Å². The van der Waals surface area contributed by atoms with Crippen molar-refractivity contribution in [3.63, 3.8) is 0 Å². The Bertz CT molecular complexity index is 1360. The zero-order valence-corrected chi connectivity index (χ0v) is 21.0. The van der Waals surface area contributed by atoms with Gasteiger partial charge in [0.15, 0.2) is 0 Å². The predicted octanol–water partition coefficient (Wildman–Crippen LogP) is 7.01. The summed E-state index contributed by atoms with van der Waals surface area (Å²) in [6.45, 7) is 10.9. The summed E-state index contributed by atoms with van der Waals surface area (Å²) >= 11 is 1.87. The van der Waals surface area contributed by atoms with Crippen LogP contribution >= 0.6 is 11.3 Å². The van der Waals surface area contributed by atoms with Crippen LogP contribution in [0.4, 0.5) is 0 Å². The largest absolute Gasteiger partial charge is 0.481 e. The van der Waals surface area contributed by atoms with Gasteiger partial charge in [-0.2, -0.15) is 0 Å². The number of thiophene rings is 1. The third-order valence-corrected chi connectivity index (χ3v) is 8.68. The molecule has 0 amide bonds. The number of fused-ring (bicyclic) bond motifs is 1. The molecule has 34 heavy (non-hydrogen) atoms. The summed E-state index contributed by atoms with van der Waals surface area (Å²) in [5.41, 5.74) is 5.64. The molecule has 0 bridgehead atoms. The quantitative estimate of drug-likeness (QED) is 0.314. The summed E-state index contributed by atoms with van der Waals surface area (Å²) in [6, 6.07) is 19.7. The molecule has 0 saturated carbocycles. The van der Waals surface area contributed by atoms with Crippen LogP contribution in [0.25, 0.3) is 22.3 Å². The predicted molar refractivity (Wildman–Crippen MR) is 139 cm³/mol. The maximum atomic E-state index is 11.0. The van der Waals surface area contributed by atoms with Crippen LogP contribution in [-0.4, -0.2) is 29.1 Å². The van der Waals surface area contributed by atoms with Crippen molar-refractivity contribution >= 4 is 28.3 Å². The van der Waals surface area contributed by atoms with Gasteiger partial charge in [-0.1, -0.05) is 44.2 Å². The first-order chi connectivity index (χ1) is 16.3. The topological polar surface area (TPSA) is 53.7 Å². The van der Waals surface area contributed by atoms with Crippen LogP contribution < -0.4 is 0 Å². The van der Waals surface area contributed by atoms with Crippen LogP contribution in [-0.2, 0) is 16.8 Å². The average Bonchev–Trinajstić information content (AvgIpc) is 3.41. The molecule has 1 saturated heterocycles. The molecule has 1 aliphatic heterocycles. The minimum atomic E-state index is -0.694. The molecule has 0 aliphatic carbocycles. The lowest BCUT2D eigenvalue weighted by molar-refractivity contribution is -0.147. The zero-order chi connectivity index (χ0) is 24.0. The van der Waals surface area contributed by atoms with Crippen molar-refractivity contribution in [2.75, 3.05) is 13.1 Å². The number of hydrogen-bond acceptors (Lipinski definition) is 4. The van der Waals surface area contributed by atoms with Gasteiger partial charge < -0.3 is 9.52 Å². The molecular weight excluding hydrogens is 442 g/mol. The van der Waals surface area contributed by atoms with Crippen LogP contribution in [0.15, 0.2) is 59.0 Å². The highest BCUT2D eigenvalue weighted by Crippen LogP contribution is 2.41. The van der Waals surface area contributed by atoms with Crippen molar-refractivity contribution < 1.29 is 14.3 Å². The minimum Gasteiger partial charge on any atom is -0.481 e. The lowest BCUT2D eigenvalue weighted by Crippen LogP contribution is -2.49. The second-order valence-electron chi connectivity index (χ2n) is 9.84. The Morgan fingerprint density at radius 2 is 1.91 bits per heavy atom. The normalized spacial score (nSPS) is 16.5. The van der Waals surface area contributed by atoms with Gasteiger partial charge in [0.2, 0.25) is 0 Å². The highest BCUT2D eigenvalue weighted by molar-refractivity contribution is 7.12. The van der Waals surface area contributed by atoms with Gasteiger partial charge in [0.1, 0.15) is 11.3 Å². The summed E-state index contributed by atoms with van der Waals surface area (Å²) in [5.74, 6) is -0.0314. The van der Waals surface area contributed by atoms with Crippen molar-refractivity contribution in [1.29, 1.82) is 0 Å². The first-order valence-corrected chi connectivity index (χ1v) is 12.7. The van der Waals surface area contributed by atoms with E-state index in [0.717, 1.165) is 35.3 Å². The average molecular weight is 474 g/mol. The van der Waals surface area contributed by atoms with Gasteiger partial charge in [-0.25, -0.2) is 0 Å². The fourth-order valence-corrected chi connectivity index (χ4v) is 6.08. The molecule has 176 valence electrons. The lowest BCUT2D eigenvalue weighted by atomic mass is 9.78. The summed E-state index contributed by atoms with van der Waals surface area (Å²) in [5, 5.41) is 10.2. The number of carboxylic acids is 1. The van der Waals surface area contributed by atoms with Crippen molar-refractivity contribution in [2.45, 2.75) is 46.1 Å². The number of furan rings is 1. The molecule has 3 heterocycles. The second kappa shape index (κ2) is 8.71. The van der Waals surface area contributed by atoms with E-state index in [1.54, 1.807) is 0 Å². The molecule has 1 aliphatic rings. The Labute approximate surface area is 204 Å². The SMILES string of the molecule is CCC(C)(c1ccc2cc(-c3ccc(CN4CC(C(=O)O)C4)cc3C)oc2c1)c1ccc(C)s1. The first kappa shape index (κ1) is 22.9. The summed E-state index contributed by atoms with van der Waals surface area (Å²) in [6.07, 6.45) is 1.02. The number of carbonyl (C=O) groups is 1. The minimum absolute atomic E-state index is 0.0336. The molecule has 5 heteroatoms. The number of rotatable bonds is 7. The van der Waals surface area contributed by atoms with Gasteiger partial charge in [0, 0.05) is 45.8 Å². The van der Waals surface area contributed by atoms with Crippen LogP contribution in [0.1, 0.15) is 46.7 Å². The number of aliphatic carboxylic acids is 1. The van der Waals surface area contributed by atoms with E-state index in [1.807, 2.05) is 11.3 Å². The van der Waals surface area contributed by atoms with E-state index in [1.165, 1.54) is 26.4 Å². The number of aryl methyl sites for hydroxylation is 2. The smallest absolute Gasteiger partial charge is 0.309 e. The van der Waals surface area contributed by atoms with Crippen LogP contribution in [0.5, 0.6) is 0 Å². The van der Waals surface area contributed by atoms with Gasteiger partial charge in [0.05, 0.1) is 5.92 Å². The maximum Gasteiger partial charge on any atom is 0.309 e. The van der Waals surface area contributed by atoms with E-state index >= 15 is 0 Å². The molecule has 5 rings (SSSR count). The third-order valence-electron chi connectivity index (χ3n) is 7.42.